The molecule has 0 fully saturated rings. The van der Waals surface area contributed by atoms with Gasteiger partial charge in [-0.3, -0.25) is 0 Å². The minimum absolute atomic E-state index is 1.05. The lowest BCUT2D eigenvalue weighted by molar-refractivity contribution is 0.690. The summed E-state index contributed by atoms with van der Waals surface area (Å²) in [6, 6.07) is 0. The summed E-state index contributed by atoms with van der Waals surface area (Å²) in [5, 5.41) is 0. The van der Waals surface area contributed by atoms with Gasteiger partial charge in [0.25, 0.3) is 0 Å². The van der Waals surface area contributed by atoms with Gasteiger partial charge in [0.2, 0.25) is 0 Å². The summed E-state index contributed by atoms with van der Waals surface area (Å²) in [6.45, 7) is 0. The van der Waals surface area contributed by atoms with Gasteiger partial charge in [0, 0.05) is 0 Å². The Balaban J connectivity index is 2.28. The number of allylic oxidation sites excluding steroid dienone is 6. The van der Waals surface area contributed by atoms with Crippen molar-refractivity contribution in [3.8, 4) is 0 Å². The zero-order chi connectivity index (χ0) is 9.19. The van der Waals surface area contributed by atoms with Crippen LogP contribution in [0.5, 0.6) is 0 Å². The fourth-order valence-electron chi connectivity index (χ4n) is 1.40. The molecule has 0 N–H and O–H groups in total. The van der Waals surface area contributed by atoms with Crippen molar-refractivity contribution >= 4 is 0 Å². The second kappa shape index (κ2) is 7.85. The second-order valence-electron chi connectivity index (χ2n) is 3.42. The molecule has 0 aromatic carbocycles. The van der Waals surface area contributed by atoms with Crippen LogP contribution >= 0.6 is 0 Å². The molecule has 0 aromatic rings. The third-order valence-electron chi connectivity index (χ3n) is 2.20. The Kier molecular flexibility index (Phi) is 6.22. The lowest BCUT2D eigenvalue weighted by atomic mass is 10.1. The summed E-state index contributed by atoms with van der Waals surface area (Å²) in [6.07, 6.45) is 23.0. The third-order valence-corrected chi connectivity index (χ3v) is 2.20. The third kappa shape index (κ3) is 6.39. The molecule has 0 nitrogen and oxygen atoms in total. The van der Waals surface area contributed by atoms with Gasteiger partial charge in [-0.05, 0) is 44.6 Å². The molecule has 0 heterocycles. The highest BCUT2D eigenvalue weighted by molar-refractivity contribution is 4.96. The van der Waals surface area contributed by atoms with Gasteiger partial charge in [-0.25, -0.2) is 0 Å². The van der Waals surface area contributed by atoms with Crippen molar-refractivity contribution in [2.75, 3.05) is 0 Å². The van der Waals surface area contributed by atoms with Gasteiger partial charge < -0.3 is 0 Å². The lowest BCUT2D eigenvalue weighted by Crippen LogP contribution is -1.74. The van der Waals surface area contributed by atoms with E-state index in [2.05, 4.69) is 36.5 Å². The van der Waals surface area contributed by atoms with E-state index in [-0.39, 0.29) is 0 Å². The Morgan fingerprint density at radius 1 is 0.769 bits per heavy atom. The summed E-state index contributed by atoms with van der Waals surface area (Å²) in [4.78, 5) is 0. The van der Waals surface area contributed by atoms with Crippen LogP contribution in [0.3, 0.4) is 0 Å². The molecular weight excluding hydrogens is 156 g/mol. The highest BCUT2D eigenvalue weighted by Gasteiger charge is 1.86. The first kappa shape index (κ1) is 10.3. The van der Waals surface area contributed by atoms with E-state index in [4.69, 9.17) is 0 Å². The van der Waals surface area contributed by atoms with Gasteiger partial charge in [-0.15, -0.1) is 0 Å². The molecule has 0 saturated carbocycles. The van der Waals surface area contributed by atoms with E-state index in [1.807, 2.05) is 0 Å². The van der Waals surface area contributed by atoms with Gasteiger partial charge in [0.1, 0.15) is 0 Å². The molecule has 1 aliphatic carbocycles. The Bertz CT molecular complexity index is 164. The van der Waals surface area contributed by atoms with Gasteiger partial charge in [0.05, 0.1) is 0 Å². The SMILES string of the molecule is [C]1=C/C/C=C/C/C=C\CCCCC/1. The maximum atomic E-state index is 3.33. The fraction of sp³-hybridized carbons (Fsp3) is 0.538. The van der Waals surface area contributed by atoms with Crippen LogP contribution in [0.4, 0.5) is 0 Å². The van der Waals surface area contributed by atoms with Crippen molar-refractivity contribution in [2.45, 2.75) is 44.9 Å². The molecule has 1 radical (unpaired) electrons. The molecule has 0 saturated heterocycles. The topological polar surface area (TPSA) is 0 Å². The van der Waals surface area contributed by atoms with E-state index in [1.54, 1.807) is 0 Å². The minimum atomic E-state index is 1.05. The molecule has 0 aliphatic heterocycles. The van der Waals surface area contributed by atoms with E-state index in [1.165, 1.54) is 25.7 Å². The molecule has 0 heteroatoms. The molecule has 13 heavy (non-hydrogen) atoms. The summed E-state index contributed by atoms with van der Waals surface area (Å²) >= 11 is 0. The standard InChI is InChI=1S/C13H19/c1-2-4-6-8-10-12-13-11-9-7-5-3-1/h1-2,5-7H,3-4,9-13H2/b2-1+,7-5-,8-6?. The van der Waals surface area contributed by atoms with Crippen LogP contribution in [0.1, 0.15) is 44.9 Å². The maximum Gasteiger partial charge on any atom is -0.0163 e. The van der Waals surface area contributed by atoms with Crippen molar-refractivity contribution in [3.05, 3.63) is 36.5 Å². The smallest absolute Gasteiger partial charge is 0.0163 e. The van der Waals surface area contributed by atoms with E-state index in [9.17, 15) is 0 Å². The Hall–Kier alpha value is -0.780. The zero-order valence-corrected chi connectivity index (χ0v) is 8.34. The van der Waals surface area contributed by atoms with Gasteiger partial charge in [-0.1, -0.05) is 36.8 Å². The summed E-state index contributed by atoms with van der Waals surface area (Å²) in [5.74, 6) is 0. The summed E-state index contributed by atoms with van der Waals surface area (Å²) in [7, 11) is 0. The van der Waals surface area contributed by atoms with Crippen LogP contribution < -0.4 is 0 Å². The number of hydrogen-bond acceptors (Lipinski definition) is 0. The highest BCUT2D eigenvalue weighted by Crippen LogP contribution is 2.05. The molecule has 0 unspecified atom stereocenters. The first-order valence-corrected chi connectivity index (χ1v) is 5.35. The normalized spacial score (nSPS) is 27.7. The van der Waals surface area contributed by atoms with Gasteiger partial charge >= 0.3 is 0 Å². The predicted molar refractivity (Wildman–Crippen MR) is 58.4 cm³/mol. The van der Waals surface area contributed by atoms with E-state index in [0.717, 1.165) is 19.3 Å². The first-order chi connectivity index (χ1) is 6.50. The van der Waals surface area contributed by atoms with Gasteiger partial charge in [-0.2, -0.15) is 0 Å². The van der Waals surface area contributed by atoms with Crippen molar-refractivity contribution in [3.63, 3.8) is 0 Å². The molecule has 0 aromatic heterocycles. The molecule has 71 valence electrons. The van der Waals surface area contributed by atoms with E-state index in [0.29, 0.717) is 0 Å². The summed E-state index contributed by atoms with van der Waals surface area (Å²) in [5.41, 5.74) is 0. The Morgan fingerprint density at radius 3 is 2.62 bits per heavy atom. The molecule has 1 rings (SSSR count). The van der Waals surface area contributed by atoms with Crippen LogP contribution in [0.15, 0.2) is 30.4 Å². The molecule has 0 spiro atoms. The van der Waals surface area contributed by atoms with Crippen LogP contribution in [-0.2, 0) is 0 Å². The largest absolute Gasteiger partial charge is 0.0882 e. The monoisotopic (exact) mass is 175 g/mol. The van der Waals surface area contributed by atoms with Crippen LogP contribution in [0.25, 0.3) is 0 Å². The van der Waals surface area contributed by atoms with Crippen molar-refractivity contribution < 1.29 is 0 Å². The van der Waals surface area contributed by atoms with Crippen LogP contribution in [0, 0.1) is 6.08 Å². The Morgan fingerprint density at radius 2 is 1.62 bits per heavy atom. The minimum Gasteiger partial charge on any atom is -0.0882 e. The average molecular weight is 175 g/mol. The van der Waals surface area contributed by atoms with Crippen molar-refractivity contribution in [1.82, 2.24) is 0 Å². The molecule has 0 bridgehead atoms. The molecule has 0 atom stereocenters. The van der Waals surface area contributed by atoms with Crippen LogP contribution in [0.2, 0.25) is 0 Å². The quantitative estimate of drug-likeness (QED) is 0.484. The average Bonchev–Trinajstić information content (AvgIpc) is 2.18. The second-order valence-corrected chi connectivity index (χ2v) is 3.42. The van der Waals surface area contributed by atoms with E-state index < -0.39 is 0 Å². The number of rotatable bonds is 0. The maximum absolute atomic E-state index is 3.33. The highest BCUT2D eigenvalue weighted by atomic mass is 13.9. The van der Waals surface area contributed by atoms with E-state index >= 15 is 0 Å². The Labute approximate surface area is 82.0 Å². The van der Waals surface area contributed by atoms with Crippen molar-refractivity contribution in [2.24, 2.45) is 0 Å². The summed E-state index contributed by atoms with van der Waals surface area (Å²) < 4.78 is 0. The fourth-order valence-corrected chi connectivity index (χ4v) is 1.40. The number of hydrogen-bond donors (Lipinski definition) is 0. The van der Waals surface area contributed by atoms with Gasteiger partial charge in [0.15, 0.2) is 0 Å². The molecule has 0 amide bonds. The lowest BCUT2D eigenvalue weighted by Gasteiger charge is -1.93. The predicted octanol–water partition coefficient (Wildman–Crippen LogP) is 4.20. The molecule has 1 aliphatic rings. The van der Waals surface area contributed by atoms with Crippen LogP contribution in [-0.4, -0.2) is 0 Å². The first-order valence-electron chi connectivity index (χ1n) is 5.35. The zero-order valence-electron chi connectivity index (χ0n) is 8.34. The van der Waals surface area contributed by atoms with Crippen molar-refractivity contribution in [1.29, 1.82) is 0 Å². The molecular formula is C13H19.